The van der Waals surface area contributed by atoms with Crippen molar-refractivity contribution in [3.05, 3.63) is 70.8 Å². The van der Waals surface area contributed by atoms with E-state index in [1.165, 1.54) is 12.1 Å². The molecule has 0 fully saturated rings. The van der Waals surface area contributed by atoms with Gasteiger partial charge in [0.05, 0.1) is 5.56 Å². The number of hydrazine groups is 1. The molecule has 0 saturated heterocycles. The fourth-order valence-electron chi connectivity index (χ4n) is 2.24. The Balaban J connectivity index is 2.20. The van der Waals surface area contributed by atoms with Gasteiger partial charge in [-0.25, -0.2) is 0 Å². The minimum absolute atomic E-state index is 0.228. The highest BCUT2D eigenvalue weighted by atomic mass is 19.4. The van der Waals surface area contributed by atoms with E-state index < -0.39 is 11.7 Å². The van der Waals surface area contributed by atoms with Gasteiger partial charge in [0.1, 0.15) is 0 Å². The molecule has 0 amide bonds. The number of hydrogen-bond acceptors (Lipinski definition) is 2. The topological polar surface area (TPSA) is 38.0 Å². The van der Waals surface area contributed by atoms with E-state index in [4.69, 9.17) is 5.84 Å². The van der Waals surface area contributed by atoms with Gasteiger partial charge >= 0.3 is 6.18 Å². The smallest absolute Gasteiger partial charge is 0.271 e. The first-order valence-electron chi connectivity index (χ1n) is 6.59. The molecule has 2 aromatic carbocycles. The van der Waals surface area contributed by atoms with Crippen molar-refractivity contribution in [2.45, 2.75) is 25.6 Å². The maximum Gasteiger partial charge on any atom is 0.416 e. The van der Waals surface area contributed by atoms with Gasteiger partial charge in [0.2, 0.25) is 0 Å². The van der Waals surface area contributed by atoms with E-state index in [-0.39, 0.29) is 6.04 Å². The van der Waals surface area contributed by atoms with Crippen LogP contribution in [0.15, 0.2) is 48.5 Å². The molecule has 0 aliphatic rings. The Morgan fingerprint density at radius 1 is 1.05 bits per heavy atom. The van der Waals surface area contributed by atoms with Crippen LogP contribution < -0.4 is 11.3 Å². The van der Waals surface area contributed by atoms with Gasteiger partial charge in [-0.2, -0.15) is 13.2 Å². The molecule has 0 aliphatic heterocycles. The molecule has 0 aromatic heterocycles. The fraction of sp³-hybridized carbons (Fsp3) is 0.250. The van der Waals surface area contributed by atoms with Gasteiger partial charge < -0.3 is 0 Å². The molecular weight excluding hydrogens is 277 g/mol. The summed E-state index contributed by atoms with van der Waals surface area (Å²) in [7, 11) is 0. The van der Waals surface area contributed by atoms with E-state index in [9.17, 15) is 13.2 Å². The van der Waals surface area contributed by atoms with Crippen LogP contribution in [0, 0.1) is 6.92 Å². The molecule has 0 bridgehead atoms. The molecule has 2 aromatic rings. The van der Waals surface area contributed by atoms with Crippen molar-refractivity contribution in [2.24, 2.45) is 5.84 Å². The van der Waals surface area contributed by atoms with Gasteiger partial charge in [-0.15, -0.1) is 0 Å². The molecule has 2 rings (SSSR count). The first kappa shape index (κ1) is 15.5. The van der Waals surface area contributed by atoms with Crippen LogP contribution in [0.3, 0.4) is 0 Å². The predicted octanol–water partition coefficient (Wildman–Crippen LogP) is 3.76. The predicted molar refractivity (Wildman–Crippen MR) is 76.4 cm³/mol. The number of rotatable bonds is 4. The summed E-state index contributed by atoms with van der Waals surface area (Å²) in [5.41, 5.74) is 4.99. The van der Waals surface area contributed by atoms with Crippen molar-refractivity contribution in [3.8, 4) is 0 Å². The molecule has 0 heterocycles. The van der Waals surface area contributed by atoms with Gasteiger partial charge in [-0.3, -0.25) is 11.3 Å². The zero-order valence-corrected chi connectivity index (χ0v) is 11.6. The van der Waals surface area contributed by atoms with E-state index >= 15 is 0 Å². The fourth-order valence-corrected chi connectivity index (χ4v) is 2.24. The first-order chi connectivity index (χ1) is 9.91. The van der Waals surface area contributed by atoms with Gasteiger partial charge in [-0.1, -0.05) is 36.4 Å². The SMILES string of the molecule is Cc1ccccc1CC(NN)c1ccc(C(F)(F)F)cc1. The minimum atomic E-state index is -4.32. The van der Waals surface area contributed by atoms with Crippen molar-refractivity contribution in [1.82, 2.24) is 5.43 Å². The Morgan fingerprint density at radius 3 is 2.19 bits per heavy atom. The number of nitrogens with one attached hydrogen (secondary N) is 1. The molecule has 1 unspecified atom stereocenters. The highest BCUT2D eigenvalue weighted by Gasteiger charge is 2.30. The number of benzene rings is 2. The average Bonchev–Trinajstić information content (AvgIpc) is 2.46. The third kappa shape index (κ3) is 3.83. The molecule has 0 spiro atoms. The van der Waals surface area contributed by atoms with Crippen molar-refractivity contribution in [3.63, 3.8) is 0 Å². The second kappa shape index (κ2) is 6.28. The zero-order chi connectivity index (χ0) is 15.5. The van der Waals surface area contributed by atoms with Crippen molar-refractivity contribution in [1.29, 1.82) is 0 Å². The van der Waals surface area contributed by atoms with Crippen LogP contribution in [0.25, 0.3) is 0 Å². The van der Waals surface area contributed by atoms with Crippen LogP contribution in [0.1, 0.15) is 28.3 Å². The summed E-state index contributed by atoms with van der Waals surface area (Å²) in [6.45, 7) is 2.00. The molecule has 1 atom stereocenters. The quantitative estimate of drug-likeness (QED) is 0.665. The third-order valence-corrected chi connectivity index (χ3v) is 3.53. The van der Waals surface area contributed by atoms with E-state index in [1.54, 1.807) is 0 Å². The second-order valence-corrected chi connectivity index (χ2v) is 4.97. The molecular formula is C16H17F3N2. The number of alkyl halides is 3. The highest BCUT2D eigenvalue weighted by Crippen LogP contribution is 2.30. The summed E-state index contributed by atoms with van der Waals surface area (Å²) in [6, 6.07) is 12.7. The lowest BCUT2D eigenvalue weighted by molar-refractivity contribution is -0.137. The van der Waals surface area contributed by atoms with Crippen LogP contribution in [-0.4, -0.2) is 0 Å². The maximum absolute atomic E-state index is 12.6. The maximum atomic E-state index is 12.6. The summed E-state index contributed by atoms with van der Waals surface area (Å²) >= 11 is 0. The molecule has 2 nitrogen and oxygen atoms in total. The first-order valence-corrected chi connectivity index (χ1v) is 6.59. The van der Waals surface area contributed by atoms with Crippen molar-refractivity contribution < 1.29 is 13.2 Å². The van der Waals surface area contributed by atoms with E-state index in [2.05, 4.69) is 5.43 Å². The largest absolute Gasteiger partial charge is 0.416 e. The van der Waals surface area contributed by atoms with Crippen LogP contribution in [0.4, 0.5) is 13.2 Å². The van der Waals surface area contributed by atoms with E-state index in [0.717, 1.165) is 28.8 Å². The molecule has 112 valence electrons. The summed E-state index contributed by atoms with van der Waals surface area (Å²) in [4.78, 5) is 0. The minimum Gasteiger partial charge on any atom is -0.271 e. The Bertz CT molecular complexity index is 591. The van der Waals surface area contributed by atoms with Crippen molar-refractivity contribution in [2.75, 3.05) is 0 Å². The summed E-state index contributed by atoms with van der Waals surface area (Å²) in [6.07, 6.45) is -3.70. The monoisotopic (exact) mass is 294 g/mol. The number of nitrogens with two attached hydrogens (primary N) is 1. The van der Waals surface area contributed by atoms with Gasteiger partial charge in [-0.05, 0) is 42.2 Å². The standard InChI is InChI=1S/C16H17F3N2/c1-11-4-2-3-5-13(11)10-15(21-20)12-6-8-14(9-7-12)16(17,18)19/h2-9,15,21H,10,20H2,1H3. The van der Waals surface area contributed by atoms with Crippen molar-refractivity contribution >= 4 is 0 Å². The Hall–Kier alpha value is -1.85. The molecule has 3 N–H and O–H groups in total. The summed E-state index contributed by atoms with van der Waals surface area (Å²) < 4.78 is 37.7. The van der Waals surface area contributed by atoms with E-state index in [0.29, 0.717) is 6.42 Å². The van der Waals surface area contributed by atoms with Crippen LogP contribution in [-0.2, 0) is 12.6 Å². The Morgan fingerprint density at radius 2 is 1.67 bits per heavy atom. The number of halogens is 3. The zero-order valence-electron chi connectivity index (χ0n) is 11.6. The molecule has 0 aliphatic carbocycles. The highest BCUT2D eigenvalue weighted by molar-refractivity contribution is 5.31. The second-order valence-electron chi connectivity index (χ2n) is 4.97. The number of hydrogen-bond donors (Lipinski definition) is 2. The van der Waals surface area contributed by atoms with Gasteiger partial charge in [0.25, 0.3) is 0 Å². The average molecular weight is 294 g/mol. The molecule has 0 saturated carbocycles. The number of aryl methyl sites for hydroxylation is 1. The Kier molecular flexibility index (Phi) is 4.65. The van der Waals surface area contributed by atoms with E-state index in [1.807, 2.05) is 31.2 Å². The van der Waals surface area contributed by atoms with Crippen LogP contribution in [0.5, 0.6) is 0 Å². The molecule has 21 heavy (non-hydrogen) atoms. The van der Waals surface area contributed by atoms with Gasteiger partial charge in [0, 0.05) is 6.04 Å². The Labute approximate surface area is 121 Å². The third-order valence-electron chi connectivity index (χ3n) is 3.53. The lowest BCUT2D eigenvalue weighted by atomic mass is 9.96. The lowest BCUT2D eigenvalue weighted by Crippen LogP contribution is -2.29. The van der Waals surface area contributed by atoms with Crippen LogP contribution >= 0.6 is 0 Å². The van der Waals surface area contributed by atoms with Gasteiger partial charge in [0.15, 0.2) is 0 Å². The normalized spacial score (nSPS) is 13.2. The lowest BCUT2D eigenvalue weighted by Gasteiger charge is -2.18. The molecule has 5 heteroatoms. The summed E-state index contributed by atoms with van der Waals surface area (Å²) in [5, 5.41) is 0. The summed E-state index contributed by atoms with van der Waals surface area (Å²) in [5.74, 6) is 5.55. The molecule has 0 radical (unpaired) electrons. The van der Waals surface area contributed by atoms with Crippen LogP contribution in [0.2, 0.25) is 0 Å².